The third-order valence-electron chi connectivity index (χ3n) is 7.42. The average Bonchev–Trinajstić information content (AvgIpc) is 3.62. The van der Waals surface area contributed by atoms with E-state index in [2.05, 4.69) is 10.3 Å². The number of nitrogens with one attached hydrogen (secondary N) is 2. The summed E-state index contributed by atoms with van der Waals surface area (Å²) in [7, 11) is 0.592. The Morgan fingerprint density at radius 2 is 1.77 bits per heavy atom. The number of hydrogen-bond donors (Lipinski definition) is 2. The number of halogens is 2. The van der Waals surface area contributed by atoms with Crippen molar-refractivity contribution >= 4 is 43.5 Å². The summed E-state index contributed by atoms with van der Waals surface area (Å²) in [5.74, 6) is -0.728. The van der Waals surface area contributed by atoms with Crippen LogP contribution in [0.5, 0.6) is 5.75 Å². The molecule has 9 nitrogen and oxygen atoms in total. The van der Waals surface area contributed by atoms with Crippen LogP contribution in [0.3, 0.4) is 0 Å². The average molecular weight is 617 g/mol. The largest absolute Gasteiger partial charge is 0.494 e. The maximum absolute atomic E-state index is 14.5. The predicted octanol–water partition coefficient (Wildman–Crippen LogP) is 6.35. The summed E-state index contributed by atoms with van der Waals surface area (Å²) in [6.45, 7) is 0. The first-order chi connectivity index (χ1) is 21.0. The number of ether oxygens (including phenoxy) is 1. The molecular weight excluding hydrogens is 590 g/mol. The number of aromatic amines is 1. The van der Waals surface area contributed by atoms with Gasteiger partial charge in [0.2, 0.25) is 10.0 Å². The van der Waals surface area contributed by atoms with Crippen LogP contribution in [0.4, 0.5) is 14.5 Å². The summed E-state index contributed by atoms with van der Waals surface area (Å²) in [5, 5.41) is 3.38. The molecule has 0 radical (unpaired) electrons. The van der Waals surface area contributed by atoms with Crippen LogP contribution < -0.4 is 14.4 Å². The molecule has 0 spiro atoms. The van der Waals surface area contributed by atoms with Crippen LogP contribution in [0.2, 0.25) is 0 Å². The summed E-state index contributed by atoms with van der Waals surface area (Å²) in [4.78, 5) is 21.2. The fourth-order valence-corrected chi connectivity index (χ4v) is 5.64. The number of rotatable bonds is 7. The molecule has 0 saturated heterocycles. The number of nitrogens with zero attached hydrogens (tertiary/aromatic N) is 2. The zero-order chi connectivity index (χ0) is 31.3. The van der Waals surface area contributed by atoms with Gasteiger partial charge in [-0.15, -0.1) is 0 Å². The first kappa shape index (κ1) is 28.9. The maximum atomic E-state index is 14.5. The number of pyridine rings is 1. The number of aromatic nitrogens is 2. The van der Waals surface area contributed by atoms with Crippen molar-refractivity contribution in [3.05, 3.63) is 90.0 Å². The zero-order valence-corrected chi connectivity index (χ0v) is 24.8. The Kier molecular flexibility index (Phi) is 7.08. The van der Waals surface area contributed by atoms with E-state index in [9.17, 15) is 22.0 Å². The molecule has 0 aliphatic carbocycles. The highest BCUT2D eigenvalue weighted by Crippen LogP contribution is 2.42. The standard InChI is InChI=1S/C32H26F2N4O5S/c1-35-32(39)29-21-14-20(24-12-13-27(42-3)30(37-24)25-15-19-22(34)6-5-7-23(19)36-25)26(38(2)44(4,40)41)16-28(21)43-31(29)17-8-10-18(33)11-9-17/h5-16,36H,1-4H3,(H,35,39). The molecular formula is C32H26F2N4O5S. The zero-order valence-electron chi connectivity index (χ0n) is 24.0. The van der Waals surface area contributed by atoms with Crippen LogP contribution in [0.25, 0.3) is 55.8 Å². The third-order valence-corrected chi connectivity index (χ3v) is 8.62. The van der Waals surface area contributed by atoms with Crippen LogP contribution in [-0.2, 0) is 10.0 Å². The molecule has 0 unspecified atom stereocenters. The highest BCUT2D eigenvalue weighted by molar-refractivity contribution is 7.92. The van der Waals surface area contributed by atoms with E-state index < -0.39 is 27.6 Å². The van der Waals surface area contributed by atoms with Gasteiger partial charge in [-0.3, -0.25) is 9.10 Å². The van der Waals surface area contributed by atoms with Crippen molar-refractivity contribution in [2.45, 2.75) is 0 Å². The molecule has 0 fully saturated rings. The van der Waals surface area contributed by atoms with E-state index >= 15 is 0 Å². The van der Waals surface area contributed by atoms with Gasteiger partial charge < -0.3 is 19.5 Å². The van der Waals surface area contributed by atoms with Crippen molar-refractivity contribution in [2.24, 2.45) is 0 Å². The van der Waals surface area contributed by atoms with Crippen molar-refractivity contribution in [1.29, 1.82) is 0 Å². The van der Waals surface area contributed by atoms with Crippen LogP contribution in [0, 0.1) is 11.6 Å². The second-order valence-electron chi connectivity index (χ2n) is 10.1. The number of hydrogen-bond acceptors (Lipinski definition) is 6. The number of benzene rings is 3. The van der Waals surface area contributed by atoms with Crippen LogP contribution in [0.1, 0.15) is 10.4 Å². The van der Waals surface area contributed by atoms with Gasteiger partial charge in [-0.05, 0) is 60.7 Å². The fraction of sp³-hybridized carbons (Fsp3) is 0.125. The molecule has 0 atom stereocenters. The topological polar surface area (TPSA) is 118 Å². The van der Waals surface area contributed by atoms with Gasteiger partial charge in [0.05, 0.1) is 36.0 Å². The first-order valence-electron chi connectivity index (χ1n) is 13.4. The SMILES string of the molecule is CNC(=O)c1c(-c2ccc(F)cc2)oc2cc(N(C)S(C)(=O)=O)c(-c3ccc(OC)c(-c4cc5c(F)cccc5[nH]4)n3)cc12. The minimum Gasteiger partial charge on any atom is -0.494 e. The Morgan fingerprint density at radius 1 is 1.02 bits per heavy atom. The molecule has 1 amide bonds. The van der Waals surface area contributed by atoms with E-state index in [1.807, 2.05) is 0 Å². The van der Waals surface area contributed by atoms with E-state index in [1.165, 1.54) is 57.6 Å². The number of H-pyrrole nitrogens is 1. The number of sulfonamides is 1. The van der Waals surface area contributed by atoms with Crippen molar-refractivity contribution in [2.75, 3.05) is 31.8 Å². The van der Waals surface area contributed by atoms with Crippen molar-refractivity contribution in [3.8, 4) is 39.7 Å². The molecule has 6 rings (SSSR count). The first-order valence-corrected chi connectivity index (χ1v) is 15.2. The molecule has 44 heavy (non-hydrogen) atoms. The van der Waals surface area contributed by atoms with Crippen molar-refractivity contribution < 1.29 is 31.1 Å². The van der Waals surface area contributed by atoms with Gasteiger partial charge in [0.15, 0.2) is 0 Å². The fourth-order valence-electron chi connectivity index (χ4n) is 5.13. The number of carbonyl (C=O) groups is 1. The summed E-state index contributed by atoms with van der Waals surface area (Å²) in [6.07, 6.45) is 1.06. The Balaban J connectivity index is 1.64. The molecule has 6 aromatic rings. The van der Waals surface area contributed by atoms with Gasteiger partial charge in [-0.2, -0.15) is 0 Å². The van der Waals surface area contributed by atoms with Gasteiger partial charge in [0.1, 0.15) is 34.4 Å². The minimum absolute atomic E-state index is 0.184. The number of methoxy groups -OCH3 is 1. The maximum Gasteiger partial charge on any atom is 0.255 e. The molecule has 0 saturated carbocycles. The number of carbonyl (C=O) groups excluding carboxylic acids is 1. The summed E-state index contributed by atoms with van der Waals surface area (Å²) < 4.78 is 66.6. The monoisotopic (exact) mass is 616 g/mol. The smallest absolute Gasteiger partial charge is 0.255 e. The van der Waals surface area contributed by atoms with Gasteiger partial charge in [-0.25, -0.2) is 22.2 Å². The van der Waals surface area contributed by atoms with Gasteiger partial charge in [0, 0.05) is 47.6 Å². The van der Waals surface area contributed by atoms with E-state index in [0.29, 0.717) is 50.2 Å². The number of fused-ring (bicyclic) bond motifs is 2. The molecule has 12 heteroatoms. The lowest BCUT2D eigenvalue weighted by Crippen LogP contribution is -2.25. The van der Waals surface area contributed by atoms with Crippen molar-refractivity contribution in [1.82, 2.24) is 15.3 Å². The molecule has 0 aliphatic heterocycles. The number of amides is 1. The van der Waals surface area contributed by atoms with Gasteiger partial charge in [-0.1, -0.05) is 6.07 Å². The van der Waals surface area contributed by atoms with Crippen LogP contribution in [-0.4, -0.2) is 51.8 Å². The van der Waals surface area contributed by atoms with Crippen molar-refractivity contribution in [3.63, 3.8) is 0 Å². The van der Waals surface area contributed by atoms with Crippen LogP contribution in [0.15, 0.2) is 77.2 Å². The predicted molar refractivity (Wildman–Crippen MR) is 165 cm³/mol. The molecule has 0 aliphatic rings. The minimum atomic E-state index is -3.76. The molecule has 3 aromatic carbocycles. The second-order valence-corrected chi connectivity index (χ2v) is 12.1. The van der Waals surface area contributed by atoms with E-state index in [-0.39, 0.29) is 22.6 Å². The summed E-state index contributed by atoms with van der Waals surface area (Å²) in [6, 6.07) is 18.3. The Bertz CT molecular complexity index is 2190. The lowest BCUT2D eigenvalue weighted by molar-refractivity contribution is 0.0964. The van der Waals surface area contributed by atoms with E-state index in [4.69, 9.17) is 14.1 Å². The second kappa shape index (κ2) is 10.8. The summed E-state index contributed by atoms with van der Waals surface area (Å²) in [5.41, 5.74) is 3.23. The Morgan fingerprint density at radius 3 is 2.43 bits per heavy atom. The van der Waals surface area contributed by atoms with Gasteiger partial charge in [0.25, 0.3) is 5.91 Å². The number of anilines is 1. The summed E-state index contributed by atoms with van der Waals surface area (Å²) >= 11 is 0. The van der Waals surface area contributed by atoms with Gasteiger partial charge >= 0.3 is 0 Å². The normalized spacial score (nSPS) is 11.7. The van der Waals surface area contributed by atoms with Crippen LogP contribution >= 0.6 is 0 Å². The molecule has 3 heterocycles. The third kappa shape index (κ3) is 4.92. The lowest BCUT2D eigenvalue weighted by atomic mass is 10.0. The lowest BCUT2D eigenvalue weighted by Gasteiger charge is -2.21. The van der Waals surface area contributed by atoms with E-state index in [0.717, 1.165) is 10.6 Å². The molecule has 0 bridgehead atoms. The quantitative estimate of drug-likeness (QED) is 0.216. The Hall–Kier alpha value is -5.23. The Labute approximate surface area is 251 Å². The molecule has 2 N–H and O–H groups in total. The molecule has 224 valence electrons. The molecule has 3 aromatic heterocycles. The highest BCUT2D eigenvalue weighted by atomic mass is 32.2. The highest BCUT2D eigenvalue weighted by Gasteiger charge is 2.27. The van der Waals surface area contributed by atoms with E-state index in [1.54, 1.807) is 36.4 Å². The number of furan rings is 1.